The van der Waals surface area contributed by atoms with Crippen molar-refractivity contribution in [1.29, 1.82) is 0 Å². The third kappa shape index (κ3) is 4.08. The fraction of sp³-hybridized carbons (Fsp3) is 0.381. The number of carboxylic acid groups (broad SMARTS) is 1. The van der Waals surface area contributed by atoms with Crippen molar-refractivity contribution in [3.63, 3.8) is 0 Å². The lowest BCUT2D eigenvalue weighted by molar-refractivity contribution is -0.304. The maximum Gasteiger partial charge on any atom is 0.131 e. The first kappa shape index (κ1) is 18.5. The molecule has 5 heteroatoms. The lowest BCUT2D eigenvalue weighted by atomic mass is 9.80. The van der Waals surface area contributed by atoms with E-state index in [1.54, 1.807) is 0 Å². The number of aryl methyl sites for hydroxylation is 1. The van der Waals surface area contributed by atoms with E-state index in [4.69, 9.17) is 0 Å². The van der Waals surface area contributed by atoms with Gasteiger partial charge >= 0.3 is 0 Å². The summed E-state index contributed by atoms with van der Waals surface area (Å²) in [7, 11) is 0. The second-order valence-corrected chi connectivity index (χ2v) is 8.17. The molecule has 0 amide bonds. The van der Waals surface area contributed by atoms with Crippen molar-refractivity contribution in [3.8, 4) is 11.8 Å². The number of thioether (sulfide) groups is 1. The van der Waals surface area contributed by atoms with E-state index in [0.29, 0.717) is 11.4 Å². The van der Waals surface area contributed by atoms with Gasteiger partial charge in [0.25, 0.3) is 0 Å². The maximum absolute atomic E-state index is 10.6. The minimum atomic E-state index is -1.17. The zero-order chi connectivity index (χ0) is 18.7. The Morgan fingerprint density at radius 1 is 1.27 bits per heavy atom. The van der Waals surface area contributed by atoms with Gasteiger partial charge in [-0.3, -0.25) is 4.98 Å². The second-order valence-electron chi connectivity index (χ2n) is 7.03. The lowest BCUT2D eigenvalue weighted by Crippen LogP contribution is -2.24. The molecule has 134 valence electrons. The summed E-state index contributed by atoms with van der Waals surface area (Å²) in [5, 5.41) is 10.6. The van der Waals surface area contributed by atoms with Crippen LogP contribution in [0.3, 0.4) is 0 Å². The molecule has 0 atom stereocenters. The molecular formula is C21H21N2O2S-. The minimum absolute atomic E-state index is 0.162. The number of carbonyl (C=O) groups excluding carboxylic acids is 1. The molecule has 2 aromatic rings. The highest BCUT2D eigenvalue weighted by Gasteiger charge is 2.28. The van der Waals surface area contributed by atoms with Gasteiger partial charge < -0.3 is 9.90 Å². The zero-order valence-electron chi connectivity index (χ0n) is 15.3. The lowest BCUT2D eigenvalue weighted by Gasteiger charge is -2.32. The summed E-state index contributed by atoms with van der Waals surface area (Å²) in [6.07, 6.45) is 4.80. The van der Waals surface area contributed by atoms with Crippen LogP contribution in [0.2, 0.25) is 0 Å². The van der Waals surface area contributed by atoms with Crippen molar-refractivity contribution in [2.45, 2.75) is 50.3 Å². The Hall–Kier alpha value is -2.32. The van der Waals surface area contributed by atoms with E-state index in [0.717, 1.165) is 24.2 Å². The smallest absolute Gasteiger partial charge is 0.131 e. The second kappa shape index (κ2) is 7.51. The van der Waals surface area contributed by atoms with Crippen LogP contribution in [-0.4, -0.2) is 21.7 Å². The molecule has 1 aliphatic rings. The predicted octanol–water partition coefficient (Wildman–Crippen LogP) is 2.50. The van der Waals surface area contributed by atoms with Crippen molar-refractivity contribution in [2.24, 2.45) is 0 Å². The molecule has 0 bridgehead atoms. The number of fused-ring (bicyclic) bond motifs is 1. The normalized spacial score (nSPS) is 14.9. The molecule has 4 nitrogen and oxygen atoms in total. The summed E-state index contributed by atoms with van der Waals surface area (Å²) in [6.45, 7) is 6.71. The average molecular weight is 365 g/mol. The standard InChI is InChI=1S/C21H22N2O2S/c1-4-14-10-19-18(21(2,3)7-8-26-19)9-15(14)5-6-16-12-23-17(13-22-16)11-20(24)25/h9-10,12-13H,4,7-8,11H2,1-3H3,(H,24,25)/p-1. The molecule has 1 aliphatic heterocycles. The molecule has 0 aliphatic carbocycles. The average Bonchev–Trinajstić information content (AvgIpc) is 2.60. The Labute approximate surface area is 158 Å². The Bertz CT molecular complexity index is 893. The third-order valence-electron chi connectivity index (χ3n) is 4.66. The first-order chi connectivity index (χ1) is 12.4. The third-order valence-corrected chi connectivity index (χ3v) is 5.71. The highest BCUT2D eigenvalue weighted by atomic mass is 32.2. The van der Waals surface area contributed by atoms with Crippen LogP contribution in [0.4, 0.5) is 0 Å². The first-order valence-corrected chi connectivity index (χ1v) is 9.70. The van der Waals surface area contributed by atoms with E-state index >= 15 is 0 Å². The summed E-state index contributed by atoms with van der Waals surface area (Å²) in [6, 6.07) is 4.50. The number of carbonyl (C=O) groups is 1. The van der Waals surface area contributed by atoms with E-state index in [9.17, 15) is 9.90 Å². The summed E-state index contributed by atoms with van der Waals surface area (Å²) in [5.74, 6) is 6.28. The monoisotopic (exact) mass is 365 g/mol. The molecule has 1 aromatic carbocycles. The van der Waals surface area contributed by atoms with Crippen molar-refractivity contribution < 1.29 is 9.90 Å². The van der Waals surface area contributed by atoms with E-state index in [1.807, 2.05) is 11.8 Å². The molecule has 0 N–H and O–H groups in total. The van der Waals surface area contributed by atoms with Crippen LogP contribution >= 0.6 is 11.8 Å². The number of hydrogen-bond donors (Lipinski definition) is 0. The van der Waals surface area contributed by atoms with E-state index < -0.39 is 5.97 Å². The molecule has 0 spiro atoms. The topological polar surface area (TPSA) is 65.9 Å². The van der Waals surface area contributed by atoms with E-state index in [2.05, 4.69) is 54.7 Å². The SMILES string of the molecule is CCc1cc2c(cc1C#Cc1cnc(CC(=O)[O-])cn1)C(C)(C)CCS2. The minimum Gasteiger partial charge on any atom is -0.550 e. The number of hydrogen-bond acceptors (Lipinski definition) is 5. The fourth-order valence-corrected chi connectivity index (χ4v) is 4.57. The highest BCUT2D eigenvalue weighted by Crippen LogP contribution is 2.42. The van der Waals surface area contributed by atoms with Gasteiger partial charge in [0.2, 0.25) is 0 Å². The van der Waals surface area contributed by atoms with Crippen LogP contribution in [0.1, 0.15) is 55.3 Å². The fourth-order valence-electron chi connectivity index (χ4n) is 3.02. The largest absolute Gasteiger partial charge is 0.550 e. The van der Waals surface area contributed by atoms with Gasteiger partial charge in [0.15, 0.2) is 0 Å². The molecule has 3 rings (SSSR count). The highest BCUT2D eigenvalue weighted by molar-refractivity contribution is 7.99. The van der Waals surface area contributed by atoms with Gasteiger partial charge in [-0.2, -0.15) is 0 Å². The van der Waals surface area contributed by atoms with E-state index in [-0.39, 0.29) is 11.8 Å². The van der Waals surface area contributed by atoms with Crippen molar-refractivity contribution in [2.75, 3.05) is 5.75 Å². The van der Waals surface area contributed by atoms with Crippen LogP contribution in [0.5, 0.6) is 0 Å². The molecule has 1 aromatic heterocycles. The van der Waals surface area contributed by atoms with Gasteiger partial charge in [0.05, 0.1) is 18.1 Å². The number of benzene rings is 1. The van der Waals surface area contributed by atoms with Crippen LogP contribution in [0, 0.1) is 11.8 Å². The van der Waals surface area contributed by atoms with Crippen LogP contribution in [-0.2, 0) is 23.1 Å². The van der Waals surface area contributed by atoms with Crippen molar-refractivity contribution >= 4 is 17.7 Å². The van der Waals surface area contributed by atoms with Crippen LogP contribution in [0.15, 0.2) is 29.4 Å². The Balaban J connectivity index is 1.93. The molecule has 0 saturated heterocycles. The van der Waals surface area contributed by atoms with Crippen LogP contribution < -0.4 is 5.11 Å². The molecule has 0 saturated carbocycles. The predicted molar refractivity (Wildman–Crippen MR) is 101 cm³/mol. The molecule has 0 unspecified atom stereocenters. The van der Waals surface area contributed by atoms with E-state index in [1.165, 1.54) is 28.4 Å². The number of rotatable bonds is 3. The zero-order valence-corrected chi connectivity index (χ0v) is 16.1. The summed E-state index contributed by atoms with van der Waals surface area (Å²) < 4.78 is 0. The quantitative estimate of drug-likeness (QED) is 0.782. The molecular weight excluding hydrogens is 344 g/mol. The molecule has 26 heavy (non-hydrogen) atoms. The van der Waals surface area contributed by atoms with Crippen molar-refractivity contribution in [1.82, 2.24) is 9.97 Å². The van der Waals surface area contributed by atoms with Crippen molar-refractivity contribution in [3.05, 3.63) is 52.6 Å². The first-order valence-electron chi connectivity index (χ1n) is 8.72. The number of aliphatic carboxylic acids is 1. The van der Waals surface area contributed by atoms with Gasteiger partial charge in [-0.15, -0.1) is 11.8 Å². The van der Waals surface area contributed by atoms with Gasteiger partial charge in [0.1, 0.15) is 5.69 Å². The van der Waals surface area contributed by atoms with Gasteiger partial charge in [-0.05, 0) is 53.2 Å². The maximum atomic E-state index is 10.6. The Morgan fingerprint density at radius 3 is 2.73 bits per heavy atom. The van der Waals surface area contributed by atoms with Crippen LogP contribution in [0.25, 0.3) is 0 Å². The number of carboxylic acids is 1. The summed E-state index contributed by atoms with van der Waals surface area (Å²) in [4.78, 5) is 20.2. The van der Waals surface area contributed by atoms with Gasteiger partial charge in [-0.1, -0.05) is 26.7 Å². The number of aromatic nitrogens is 2. The Morgan fingerprint density at radius 2 is 2.08 bits per heavy atom. The number of nitrogens with zero attached hydrogens (tertiary/aromatic N) is 2. The Kier molecular flexibility index (Phi) is 5.33. The molecule has 2 heterocycles. The van der Waals surface area contributed by atoms with Gasteiger partial charge in [-0.25, -0.2) is 4.98 Å². The summed E-state index contributed by atoms with van der Waals surface area (Å²) >= 11 is 1.93. The summed E-state index contributed by atoms with van der Waals surface area (Å²) in [5.41, 5.74) is 4.70. The van der Waals surface area contributed by atoms with Gasteiger partial charge in [0, 0.05) is 22.8 Å². The molecule has 0 radical (unpaired) electrons. The molecule has 0 fully saturated rings.